The number of aliphatic carboxylic acids is 1. The van der Waals surface area contributed by atoms with Crippen LogP contribution in [0, 0.1) is 0 Å². The highest BCUT2D eigenvalue weighted by molar-refractivity contribution is 9.10. The van der Waals surface area contributed by atoms with Crippen molar-refractivity contribution in [1.82, 2.24) is 5.32 Å². The Kier molecular flexibility index (Phi) is 4.67. The zero-order valence-corrected chi connectivity index (χ0v) is 11.7. The third-order valence-corrected chi connectivity index (χ3v) is 2.91. The largest absolute Gasteiger partial charge is 0.478 e. The van der Waals surface area contributed by atoms with Gasteiger partial charge in [-0.2, -0.15) is 0 Å². The molecule has 2 N–H and O–H groups in total. The molecule has 0 atom stereocenters. The molecule has 0 aliphatic heterocycles. The van der Waals surface area contributed by atoms with Crippen LogP contribution in [0.4, 0.5) is 0 Å². The van der Waals surface area contributed by atoms with Crippen molar-refractivity contribution in [2.24, 2.45) is 0 Å². The van der Waals surface area contributed by atoms with Gasteiger partial charge in [-0.3, -0.25) is 4.79 Å². The Morgan fingerprint density at radius 1 is 1.22 bits per heavy atom. The van der Waals surface area contributed by atoms with Crippen LogP contribution in [-0.4, -0.2) is 17.0 Å². The van der Waals surface area contributed by atoms with Crippen LogP contribution in [-0.2, 0) is 15.1 Å². The molecule has 0 saturated heterocycles. The number of hydrogen-bond donors (Lipinski definition) is 2. The first kappa shape index (κ1) is 14.4. The van der Waals surface area contributed by atoms with Gasteiger partial charge in [0.25, 0.3) is 0 Å². The number of hydrogen-bond acceptors (Lipinski definition) is 2. The third-order valence-electron chi connectivity index (χ3n) is 2.38. The van der Waals surface area contributed by atoms with Gasteiger partial charge in [0, 0.05) is 16.6 Å². The van der Waals surface area contributed by atoms with E-state index < -0.39 is 17.4 Å². The summed E-state index contributed by atoms with van der Waals surface area (Å²) in [5.74, 6) is -1.59. The van der Waals surface area contributed by atoms with Gasteiger partial charge in [0.1, 0.15) is 0 Å². The Morgan fingerprint density at radius 3 is 2.28 bits per heavy atom. The lowest BCUT2D eigenvalue weighted by atomic mass is 9.94. The molecule has 0 heterocycles. The summed E-state index contributed by atoms with van der Waals surface area (Å²) >= 11 is 3.34. The average Bonchev–Trinajstić information content (AvgIpc) is 2.26. The lowest BCUT2D eigenvalue weighted by Gasteiger charge is -2.26. The summed E-state index contributed by atoms with van der Waals surface area (Å²) < 4.78 is 0.958. The molecule has 4 nitrogen and oxygen atoms in total. The maximum Gasteiger partial charge on any atom is 0.328 e. The van der Waals surface area contributed by atoms with Crippen molar-refractivity contribution in [3.63, 3.8) is 0 Å². The van der Waals surface area contributed by atoms with E-state index in [4.69, 9.17) is 5.11 Å². The number of carboxylic acids is 1. The summed E-state index contributed by atoms with van der Waals surface area (Å²) in [5.41, 5.74) is 0.364. The number of carboxylic acid groups (broad SMARTS) is 1. The first-order valence-corrected chi connectivity index (χ1v) is 6.10. The van der Waals surface area contributed by atoms with Gasteiger partial charge in [0.2, 0.25) is 5.91 Å². The number of carbonyl (C=O) groups excluding carboxylic acids is 1. The van der Waals surface area contributed by atoms with Gasteiger partial charge in [0.05, 0.1) is 5.54 Å². The van der Waals surface area contributed by atoms with E-state index in [1.54, 1.807) is 0 Å². The molecule has 0 spiro atoms. The molecule has 0 saturated carbocycles. The fourth-order valence-electron chi connectivity index (χ4n) is 1.44. The molecule has 0 aliphatic rings. The van der Waals surface area contributed by atoms with Gasteiger partial charge < -0.3 is 10.4 Å². The Balaban J connectivity index is 2.78. The maximum atomic E-state index is 11.5. The minimum absolute atomic E-state index is 0.440. The fraction of sp³-hybridized carbons (Fsp3) is 0.231. The highest BCUT2D eigenvalue weighted by Gasteiger charge is 2.21. The Morgan fingerprint density at radius 2 is 1.78 bits per heavy atom. The monoisotopic (exact) mass is 311 g/mol. The van der Waals surface area contributed by atoms with Crippen LogP contribution in [0.5, 0.6) is 0 Å². The molecule has 0 fully saturated rings. The summed E-state index contributed by atoms with van der Waals surface area (Å²) in [5, 5.41) is 11.2. The third kappa shape index (κ3) is 4.33. The van der Waals surface area contributed by atoms with Crippen molar-refractivity contribution in [1.29, 1.82) is 0 Å². The summed E-state index contributed by atoms with van der Waals surface area (Å²) in [6, 6.07) is 7.56. The average molecular weight is 312 g/mol. The smallest absolute Gasteiger partial charge is 0.328 e. The van der Waals surface area contributed by atoms with Crippen LogP contribution in [0.1, 0.15) is 19.4 Å². The Labute approximate surface area is 114 Å². The van der Waals surface area contributed by atoms with Crippen LogP contribution in [0.3, 0.4) is 0 Å². The number of nitrogens with one attached hydrogen (secondary N) is 1. The number of carbonyl (C=O) groups is 2. The molecule has 96 valence electrons. The molecule has 0 aromatic heterocycles. The molecule has 1 aromatic carbocycles. The van der Waals surface area contributed by atoms with Gasteiger partial charge in [-0.05, 0) is 31.5 Å². The van der Waals surface area contributed by atoms with Gasteiger partial charge in [-0.1, -0.05) is 28.1 Å². The zero-order valence-electron chi connectivity index (χ0n) is 10.1. The van der Waals surface area contributed by atoms with Crippen molar-refractivity contribution in [2.45, 2.75) is 19.4 Å². The second-order valence-corrected chi connectivity index (χ2v) is 5.21. The van der Waals surface area contributed by atoms with Crippen LogP contribution < -0.4 is 5.32 Å². The van der Waals surface area contributed by atoms with Crippen molar-refractivity contribution in [3.05, 3.63) is 46.5 Å². The van der Waals surface area contributed by atoms with E-state index in [1.165, 1.54) is 0 Å². The van der Waals surface area contributed by atoms with E-state index >= 15 is 0 Å². The van der Waals surface area contributed by atoms with Crippen LogP contribution in [0.25, 0.3) is 0 Å². The molecular formula is C13H14BrNO3. The van der Waals surface area contributed by atoms with E-state index in [0.29, 0.717) is 0 Å². The SMILES string of the molecule is CC(C)(NC(=O)/C=C/C(=O)O)c1ccc(Br)cc1. The summed E-state index contributed by atoms with van der Waals surface area (Å²) in [4.78, 5) is 21.8. The van der Waals surface area contributed by atoms with Crippen molar-refractivity contribution >= 4 is 27.8 Å². The van der Waals surface area contributed by atoms with E-state index in [1.807, 2.05) is 38.1 Å². The summed E-state index contributed by atoms with van der Waals surface area (Å²) in [6.45, 7) is 3.70. The van der Waals surface area contributed by atoms with Crippen LogP contribution in [0.15, 0.2) is 40.9 Å². The summed E-state index contributed by atoms with van der Waals surface area (Å²) in [6.07, 6.45) is 1.82. The van der Waals surface area contributed by atoms with E-state index in [0.717, 1.165) is 22.2 Å². The predicted octanol–water partition coefficient (Wildman–Crippen LogP) is 2.44. The molecule has 18 heavy (non-hydrogen) atoms. The Bertz CT molecular complexity index is 478. The number of benzene rings is 1. The number of halogens is 1. The van der Waals surface area contributed by atoms with Gasteiger partial charge in [0.15, 0.2) is 0 Å². The molecule has 0 unspecified atom stereocenters. The molecule has 5 heteroatoms. The topological polar surface area (TPSA) is 66.4 Å². The number of rotatable bonds is 4. The van der Waals surface area contributed by atoms with E-state index in [2.05, 4.69) is 21.2 Å². The van der Waals surface area contributed by atoms with E-state index in [9.17, 15) is 9.59 Å². The van der Waals surface area contributed by atoms with Gasteiger partial charge >= 0.3 is 5.97 Å². The second kappa shape index (κ2) is 5.82. The van der Waals surface area contributed by atoms with Crippen LogP contribution in [0.2, 0.25) is 0 Å². The molecule has 0 bridgehead atoms. The minimum Gasteiger partial charge on any atom is -0.478 e. The van der Waals surface area contributed by atoms with E-state index in [-0.39, 0.29) is 0 Å². The lowest BCUT2D eigenvalue weighted by molar-refractivity contribution is -0.131. The molecule has 0 aliphatic carbocycles. The predicted molar refractivity (Wildman–Crippen MR) is 72.1 cm³/mol. The zero-order chi connectivity index (χ0) is 13.8. The first-order chi connectivity index (χ1) is 8.31. The second-order valence-electron chi connectivity index (χ2n) is 4.29. The molecule has 0 radical (unpaired) electrons. The first-order valence-electron chi connectivity index (χ1n) is 5.30. The quantitative estimate of drug-likeness (QED) is 0.839. The van der Waals surface area contributed by atoms with Crippen molar-refractivity contribution < 1.29 is 14.7 Å². The van der Waals surface area contributed by atoms with Crippen LogP contribution >= 0.6 is 15.9 Å². The normalized spacial score (nSPS) is 11.5. The molecule has 1 amide bonds. The molecular weight excluding hydrogens is 298 g/mol. The minimum atomic E-state index is -1.15. The van der Waals surface area contributed by atoms with Crippen molar-refractivity contribution in [3.8, 4) is 0 Å². The highest BCUT2D eigenvalue weighted by atomic mass is 79.9. The van der Waals surface area contributed by atoms with Gasteiger partial charge in [-0.25, -0.2) is 4.79 Å². The highest BCUT2D eigenvalue weighted by Crippen LogP contribution is 2.22. The standard InChI is InChI=1S/C13H14BrNO3/c1-13(2,9-3-5-10(14)6-4-9)15-11(16)7-8-12(17)18/h3-8H,1-2H3,(H,15,16)(H,17,18)/b8-7+. The lowest BCUT2D eigenvalue weighted by Crippen LogP contribution is -2.40. The van der Waals surface area contributed by atoms with Crippen molar-refractivity contribution in [2.75, 3.05) is 0 Å². The van der Waals surface area contributed by atoms with Gasteiger partial charge in [-0.15, -0.1) is 0 Å². The molecule has 1 aromatic rings. The fourth-order valence-corrected chi connectivity index (χ4v) is 1.70. The summed E-state index contributed by atoms with van der Waals surface area (Å²) in [7, 11) is 0. The maximum absolute atomic E-state index is 11.5. The Hall–Kier alpha value is -1.62. The number of amides is 1. The molecule has 1 rings (SSSR count).